The third kappa shape index (κ3) is 2.40. The Labute approximate surface area is 98.4 Å². The highest BCUT2D eigenvalue weighted by atomic mass is 79.9. The minimum atomic E-state index is -0.842. The first-order valence-electron chi connectivity index (χ1n) is 5.25. The van der Waals surface area contributed by atoms with Crippen molar-refractivity contribution in [1.82, 2.24) is 4.90 Å². The van der Waals surface area contributed by atoms with Gasteiger partial charge in [0.25, 0.3) is 0 Å². The molecule has 1 fully saturated rings. The van der Waals surface area contributed by atoms with Gasteiger partial charge in [0.05, 0.1) is 0 Å². The molecule has 0 saturated carbocycles. The van der Waals surface area contributed by atoms with Gasteiger partial charge in [0.2, 0.25) is 0 Å². The Balaban J connectivity index is 2.14. The van der Waals surface area contributed by atoms with Gasteiger partial charge in [-0.05, 0) is 26.1 Å². The van der Waals surface area contributed by atoms with Crippen molar-refractivity contribution < 1.29 is 4.39 Å². The first-order chi connectivity index (χ1) is 7.18. The molecule has 1 nitrogen and oxygen atoms in total. The second-order valence-corrected chi connectivity index (χ2v) is 5.09. The SMILES string of the molecule is CN1CCC(C(F)c2ccccc2Br)C1. The van der Waals surface area contributed by atoms with E-state index in [9.17, 15) is 4.39 Å². The lowest BCUT2D eigenvalue weighted by Crippen LogP contribution is -2.16. The fraction of sp³-hybridized carbons (Fsp3) is 0.500. The summed E-state index contributed by atoms with van der Waals surface area (Å²) in [6.07, 6.45) is 0.115. The van der Waals surface area contributed by atoms with Crippen LogP contribution in [0.3, 0.4) is 0 Å². The highest BCUT2D eigenvalue weighted by molar-refractivity contribution is 9.10. The molecular weight excluding hydrogens is 257 g/mol. The third-order valence-electron chi connectivity index (χ3n) is 3.04. The molecule has 0 amide bonds. The smallest absolute Gasteiger partial charge is 0.130 e. The van der Waals surface area contributed by atoms with Crippen LogP contribution >= 0.6 is 15.9 Å². The quantitative estimate of drug-likeness (QED) is 0.797. The van der Waals surface area contributed by atoms with Gasteiger partial charge in [-0.15, -0.1) is 0 Å². The molecule has 1 heterocycles. The van der Waals surface area contributed by atoms with Crippen LogP contribution in [0.4, 0.5) is 4.39 Å². The molecule has 0 bridgehead atoms. The van der Waals surface area contributed by atoms with Crippen LogP contribution in [0.2, 0.25) is 0 Å². The normalized spacial score (nSPS) is 24.3. The Bertz CT molecular complexity index is 342. The van der Waals surface area contributed by atoms with E-state index in [4.69, 9.17) is 0 Å². The van der Waals surface area contributed by atoms with Crippen LogP contribution in [0.5, 0.6) is 0 Å². The maximum Gasteiger partial charge on any atom is 0.130 e. The van der Waals surface area contributed by atoms with Gasteiger partial charge < -0.3 is 4.90 Å². The molecule has 3 heteroatoms. The summed E-state index contributed by atoms with van der Waals surface area (Å²) in [4.78, 5) is 2.19. The fourth-order valence-corrected chi connectivity index (χ4v) is 2.66. The Morgan fingerprint density at radius 3 is 2.80 bits per heavy atom. The summed E-state index contributed by atoms with van der Waals surface area (Å²) in [5.41, 5.74) is 0.790. The summed E-state index contributed by atoms with van der Waals surface area (Å²) >= 11 is 3.41. The molecule has 0 N–H and O–H groups in total. The third-order valence-corrected chi connectivity index (χ3v) is 3.77. The Morgan fingerprint density at radius 2 is 2.20 bits per heavy atom. The van der Waals surface area contributed by atoms with Crippen molar-refractivity contribution in [1.29, 1.82) is 0 Å². The summed E-state index contributed by atoms with van der Waals surface area (Å²) in [7, 11) is 2.05. The van der Waals surface area contributed by atoms with Crippen LogP contribution in [0.25, 0.3) is 0 Å². The van der Waals surface area contributed by atoms with E-state index < -0.39 is 6.17 Å². The molecule has 2 atom stereocenters. The van der Waals surface area contributed by atoms with E-state index in [2.05, 4.69) is 20.8 Å². The summed E-state index contributed by atoms with van der Waals surface area (Å²) in [6.45, 7) is 1.87. The summed E-state index contributed by atoms with van der Waals surface area (Å²) in [5.74, 6) is 0.147. The molecule has 0 radical (unpaired) electrons. The molecule has 2 rings (SSSR count). The Kier molecular flexibility index (Phi) is 3.42. The summed E-state index contributed by atoms with van der Waals surface area (Å²) < 4.78 is 15.1. The molecule has 1 aromatic carbocycles. The number of alkyl halides is 1. The van der Waals surface area contributed by atoms with E-state index in [1.807, 2.05) is 31.3 Å². The van der Waals surface area contributed by atoms with E-state index in [1.54, 1.807) is 0 Å². The zero-order valence-electron chi connectivity index (χ0n) is 8.79. The van der Waals surface area contributed by atoms with Crippen LogP contribution < -0.4 is 0 Å². The first-order valence-corrected chi connectivity index (χ1v) is 6.05. The van der Waals surface area contributed by atoms with Crippen LogP contribution in [0, 0.1) is 5.92 Å². The van der Waals surface area contributed by atoms with E-state index >= 15 is 0 Å². The minimum Gasteiger partial charge on any atom is -0.306 e. The zero-order chi connectivity index (χ0) is 10.8. The maximum atomic E-state index is 14.2. The van der Waals surface area contributed by atoms with Crippen molar-refractivity contribution >= 4 is 15.9 Å². The fourth-order valence-electron chi connectivity index (χ4n) is 2.16. The van der Waals surface area contributed by atoms with E-state index in [0.29, 0.717) is 0 Å². The van der Waals surface area contributed by atoms with Crippen molar-refractivity contribution in [3.8, 4) is 0 Å². The van der Waals surface area contributed by atoms with Crippen molar-refractivity contribution in [3.05, 3.63) is 34.3 Å². The number of likely N-dealkylation sites (tertiary alicyclic amines) is 1. The van der Waals surface area contributed by atoms with Gasteiger partial charge in [0.1, 0.15) is 6.17 Å². The molecule has 1 aliphatic rings. The standard InChI is InChI=1S/C12H15BrFN/c1-15-7-6-9(8-15)12(14)10-4-2-3-5-11(10)13/h2-5,9,12H,6-8H2,1H3. The van der Waals surface area contributed by atoms with Crippen LogP contribution in [-0.2, 0) is 0 Å². The van der Waals surface area contributed by atoms with E-state index in [1.165, 1.54) is 0 Å². The van der Waals surface area contributed by atoms with Gasteiger partial charge >= 0.3 is 0 Å². The number of rotatable bonds is 2. The predicted molar refractivity (Wildman–Crippen MR) is 63.6 cm³/mol. The number of nitrogens with zero attached hydrogens (tertiary/aromatic N) is 1. The van der Waals surface area contributed by atoms with Gasteiger partial charge in [-0.3, -0.25) is 0 Å². The highest BCUT2D eigenvalue weighted by Gasteiger charge is 2.29. The second-order valence-electron chi connectivity index (χ2n) is 4.23. The topological polar surface area (TPSA) is 3.24 Å². The van der Waals surface area contributed by atoms with Gasteiger partial charge in [0.15, 0.2) is 0 Å². The minimum absolute atomic E-state index is 0.147. The number of halogens is 2. The van der Waals surface area contributed by atoms with Crippen molar-refractivity contribution in [2.75, 3.05) is 20.1 Å². The van der Waals surface area contributed by atoms with Crippen molar-refractivity contribution in [3.63, 3.8) is 0 Å². The van der Waals surface area contributed by atoms with Crippen LogP contribution in [-0.4, -0.2) is 25.0 Å². The van der Waals surface area contributed by atoms with Crippen LogP contribution in [0.1, 0.15) is 18.2 Å². The monoisotopic (exact) mass is 271 g/mol. The molecule has 82 valence electrons. The summed E-state index contributed by atoms with van der Waals surface area (Å²) in [6, 6.07) is 7.58. The van der Waals surface area contributed by atoms with Gasteiger partial charge in [-0.2, -0.15) is 0 Å². The van der Waals surface area contributed by atoms with Gasteiger partial charge in [0, 0.05) is 22.5 Å². The van der Waals surface area contributed by atoms with Gasteiger partial charge in [-0.25, -0.2) is 4.39 Å². The molecular formula is C12H15BrFN. The number of benzene rings is 1. The Morgan fingerprint density at radius 1 is 1.47 bits per heavy atom. The molecule has 0 spiro atoms. The van der Waals surface area contributed by atoms with Crippen molar-refractivity contribution in [2.24, 2.45) is 5.92 Å². The first kappa shape index (κ1) is 11.1. The molecule has 1 aromatic rings. The average Bonchev–Trinajstić information content (AvgIpc) is 2.65. The molecule has 2 unspecified atom stereocenters. The van der Waals surface area contributed by atoms with Gasteiger partial charge in [-0.1, -0.05) is 34.1 Å². The number of hydrogen-bond donors (Lipinski definition) is 0. The molecule has 0 aliphatic carbocycles. The zero-order valence-corrected chi connectivity index (χ0v) is 10.4. The molecule has 1 saturated heterocycles. The highest BCUT2D eigenvalue weighted by Crippen LogP contribution is 2.35. The second kappa shape index (κ2) is 4.62. The van der Waals surface area contributed by atoms with Crippen LogP contribution in [0.15, 0.2) is 28.7 Å². The molecule has 0 aromatic heterocycles. The predicted octanol–water partition coefficient (Wildman–Crippen LogP) is 3.41. The largest absolute Gasteiger partial charge is 0.306 e. The lowest BCUT2D eigenvalue weighted by molar-refractivity contribution is 0.231. The van der Waals surface area contributed by atoms with E-state index in [-0.39, 0.29) is 5.92 Å². The summed E-state index contributed by atoms with van der Waals surface area (Å²) in [5, 5.41) is 0. The molecule has 1 aliphatic heterocycles. The lowest BCUT2D eigenvalue weighted by Gasteiger charge is -2.17. The van der Waals surface area contributed by atoms with E-state index in [0.717, 1.165) is 29.5 Å². The van der Waals surface area contributed by atoms with Crippen molar-refractivity contribution in [2.45, 2.75) is 12.6 Å². The average molecular weight is 272 g/mol. The lowest BCUT2D eigenvalue weighted by atomic mass is 9.96. The number of hydrogen-bond acceptors (Lipinski definition) is 1. The Hall–Kier alpha value is -0.410. The molecule has 15 heavy (non-hydrogen) atoms. The maximum absolute atomic E-state index is 14.2.